The quantitative estimate of drug-likeness (QED) is 0.656. The molecule has 0 amide bonds. The first-order valence-corrected chi connectivity index (χ1v) is 11.3. The van der Waals surface area contributed by atoms with Gasteiger partial charge in [0.1, 0.15) is 27.6 Å². The van der Waals surface area contributed by atoms with Crippen molar-refractivity contribution >= 4 is 33.7 Å². The lowest BCUT2D eigenvalue weighted by molar-refractivity contribution is 0.0977. The second-order valence-corrected chi connectivity index (χ2v) is 8.94. The van der Waals surface area contributed by atoms with Gasteiger partial charge in [-0.25, -0.2) is 4.98 Å². The van der Waals surface area contributed by atoms with Crippen LogP contribution in [0.3, 0.4) is 0 Å². The molecule has 0 saturated carbocycles. The van der Waals surface area contributed by atoms with Gasteiger partial charge in [-0.05, 0) is 36.3 Å². The van der Waals surface area contributed by atoms with Crippen molar-refractivity contribution in [3.05, 3.63) is 34.3 Å². The molecule has 2 atom stereocenters. The minimum Gasteiger partial charge on any atom is -0.386 e. The molecule has 4 heterocycles. The lowest BCUT2D eigenvalue weighted by atomic mass is 9.92. The number of aromatic nitrogens is 4. The molecule has 2 aliphatic heterocycles. The summed E-state index contributed by atoms with van der Waals surface area (Å²) in [4.78, 5) is 9.23. The third-order valence-corrected chi connectivity index (χ3v) is 6.95. The zero-order valence-corrected chi connectivity index (χ0v) is 17.8. The Hall–Kier alpha value is -2.87. The summed E-state index contributed by atoms with van der Waals surface area (Å²) in [7, 11) is 0. The largest absolute Gasteiger partial charge is 0.386 e. The Balaban J connectivity index is 1.38. The minimum atomic E-state index is -0.691. The van der Waals surface area contributed by atoms with E-state index in [4.69, 9.17) is 10.00 Å². The highest BCUT2D eigenvalue weighted by Gasteiger charge is 2.30. The van der Waals surface area contributed by atoms with Crippen molar-refractivity contribution in [2.45, 2.75) is 18.9 Å². The van der Waals surface area contributed by atoms with E-state index >= 15 is 0 Å². The Morgan fingerprint density at radius 2 is 2.06 bits per heavy atom. The number of anilines is 2. The van der Waals surface area contributed by atoms with Gasteiger partial charge in [-0.1, -0.05) is 0 Å². The first-order chi connectivity index (χ1) is 15.2. The number of thiazole rings is 1. The van der Waals surface area contributed by atoms with Crippen LogP contribution in [-0.4, -0.2) is 64.9 Å². The molecular weight excluding hydrogens is 414 g/mol. The Morgan fingerprint density at radius 1 is 1.19 bits per heavy atom. The number of aliphatic hydroxyl groups is 1. The molecule has 3 aromatic rings. The van der Waals surface area contributed by atoms with E-state index in [0.29, 0.717) is 16.4 Å². The molecule has 5 rings (SSSR count). The number of piperidine rings is 1. The number of nitrogens with zero attached hydrogens (tertiary/aromatic N) is 7. The standard InChI is InChI=1S/C21H23N7O2S/c22-11-16-12-23-21(31-16)19(29)14-2-1-5-28(13-14)20-17-4-3-15(10-18(17)24-26-25-20)27-6-8-30-9-7-27/h3-4,10,12,14,19,29H,1-2,5-9,13H2. The molecule has 2 aromatic heterocycles. The summed E-state index contributed by atoms with van der Waals surface area (Å²) < 4.78 is 5.45. The molecule has 2 fully saturated rings. The number of morpholine rings is 1. The highest BCUT2D eigenvalue weighted by Crippen LogP contribution is 2.35. The van der Waals surface area contributed by atoms with E-state index in [1.807, 2.05) is 0 Å². The smallest absolute Gasteiger partial charge is 0.162 e. The van der Waals surface area contributed by atoms with E-state index < -0.39 is 6.10 Å². The summed E-state index contributed by atoms with van der Waals surface area (Å²) in [6, 6.07) is 8.32. The maximum absolute atomic E-state index is 10.9. The van der Waals surface area contributed by atoms with Crippen LogP contribution in [0.25, 0.3) is 10.9 Å². The number of aliphatic hydroxyl groups excluding tert-OH is 1. The Labute approximate surface area is 183 Å². The van der Waals surface area contributed by atoms with Crippen LogP contribution in [0, 0.1) is 17.2 Å². The topological polar surface area (TPSA) is 111 Å². The maximum Gasteiger partial charge on any atom is 0.162 e. The van der Waals surface area contributed by atoms with Crippen LogP contribution < -0.4 is 9.80 Å². The molecule has 0 spiro atoms. The van der Waals surface area contributed by atoms with Crippen LogP contribution in [0.1, 0.15) is 28.8 Å². The molecule has 160 valence electrons. The van der Waals surface area contributed by atoms with Gasteiger partial charge in [-0.3, -0.25) is 0 Å². The van der Waals surface area contributed by atoms with Crippen LogP contribution in [0.2, 0.25) is 0 Å². The van der Waals surface area contributed by atoms with Gasteiger partial charge < -0.3 is 19.6 Å². The molecule has 2 aliphatic rings. The number of rotatable bonds is 4. The number of fused-ring (bicyclic) bond motifs is 1. The third-order valence-electron chi connectivity index (χ3n) is 5.98. The van der Waals surface area contributed by atoms with Crippen molar-refractivity contribution < 1.29 is 9.84 Å². The van der Waals surface area contributed by atoms with Gasteiger partial charge in [-0.15, -0.1) is 21.5 Å². The summed E-state index contributed by atoms with van der Waals surface area (Å²) in [6.07, 6.45) is 2.67. The first kappa shape index (κ1) is 20.1. The number of ether oxygens (including phenoxy) is 1. The van der Waals surface area contributed by atoms with Gasteiger partial charge >= 0.3 is 0 Å². The number of hydrogen-bond acceptors (Lipinski definition) is 10. The number of benzene rings is 1. The molecule has 10 heteroatoms. The predicted octanol–water partition coefficient (Wildman–Crippen LogP) is 2.14. The van der Waals surface area contributed by atoms with Gasteiger partial charge in [-0.2, -0.15) is 5.26 Å². The van der Waals surface area contributed by atoms with E-state index in [9.17, 15) is 5.11 Å². The highest BCUT2D eigenvalue weighted by atomic mass is 32.1. The molecule has 2 saturated heterocycles. The highest BCUT2D eigenvalue weighted by molar-refractivity contribution is 7.12. The fourth-order valence-corrected chi connectivity index (χ4v) is 5.14. The normalized spacial score (nSPS) is 20.6. The second-order valence-electron chi connectivity index (χ2n) is 7.88. The summed E-state index contributed by atoms with van der Waals surface area (Å²) in [5, 5.41) is 34.1. The fraction of sp³-hybridized carbons (Fsp3) is 0.476. The minimum absolute atomic E-state index is 0.0177. The van der Waals surface area contributed by atoms with Crippen LogP contribution in [0.4, 0.5) is 11.5 Å². The van der Waals surface area contributed by atoms with Crippen LogP contribution in [0.5, 0.6) is 0 Å². The lowest BCUT2D eigenvalue weighted by Crippen LogP contribution is -2.38. The van der Waals surface area contributed by atoms with Crippen molar-refractivity contribution in [1.29, 1.82) is 5.26 Å². The summed E-state index contributed by atoms with van der Waals surface area (Å²) in [5.74, 6) is 0.816. The van der Waals surface area contributed by atoms with Crippen molar-refractivity contribution in [1.82, 2.24) is 20.4 Å². The Bertz CT molecular complexity index is 1110. The summed E-state index contributed by atoms with van der Waals surface area (Å²) >= 11 is 1.26. The molecule has 0 bridgehead atoms. The molecule has 1 aromatic carbocycles. The third kappa shape index (κ3) is 4.04. The van der Waals surface area contributed by atoms with E-state index in [2.05, 4.69) is 54.5 Å². The molecule has 2 unspecified atom stereocenters. The number of hydrogen-bond donors (Lipinski definition) is 1. The molecule has 9 nitrogen and oxygen atoms in total. The first-order valence-electron chi connectivity index (χ1n) is 10.5. The van der Waals surface area contributed by atoms with E-state index in [-0.39, 0.29) is 5.92 Å². The summed E-state index contributed by atoms with van der Waals surface area (Å²) in [6.45, 7) is 4.71. The SMILES string of the molecule is N#Cc1cnc(C(O)C2CCCN(c3nnnc4cc(N5CCOCC5)ccc34)C2)s1. The van der Waals surface area contributed by atoms with Crippen LogP contribution in [-0.2, 0) is 4.74 Å². The summed E-state index contributed by atoms with van der Waals surface area (Å²) in [5.41, 5.74) is 1.93. The van der Waals surface area contributed by atoms with E-state index in [1.54, 1.807) is 0 Å². The zero-order chi connectivity index (χ0) is 21.2. The average Bonchev–Trinajstić information content (AvgIpc) is 3.33. The maximum atomic E-state index is 10.9. The lowest BCUT2D eigenvalue weighted by Gasteiger charge is -2.35. The van der Waals surface area contributed by atoms with E-state index in [1.165, 1.54) is 17.5 Å². The fourth-order valence-electron chi connectivity index (χ4n) is 4.35. The second kappa shape index (κ2) is 8.70. The monoisotopic (exact) mass is 437 g/mol. The predicted molar refractivity (Wildman–Crippen MR) is 117 cm³/mol. The molecule has 1 N–H and O–H groups in total. The molecular formula is C21H23N7O2S. The molecule has 31 heavy (non-hydrogen) atoms. The van der Waals surface area contributed by atoms with Crippen molar-refractivity contribution in [3.8, 4) is 6.07 Å². The van der Waals surface area contributed by atoms with Crippen molar-refractivity contribution in [2.24, 2.45) is 5.92 Å². The van der Waals surface area contributed by atoms with Gasteiger partial charge in [0.15, 0.2) is 5.82 Å². The Morgan fingerprint density at radius 3 is 2.87 bits per heavy atom. The van der Waals surface area contributed by atoms with Gasteiger partial charge in [0.25, 0.3) is 0 Å². The van der Waals surface area contributed by atoms with E-state index in [0.717, 1.165) is 68.1 Å². The van der Waals surface area contributed by atoms with Gasteiger partial charge in [0.05, 0.1) is 19.4 Å². The van der Waals surface area contributed by atoms with Crippen molar-refractivity contribution in [3.63, 3.8) is 0 Å². The number of nitriles is 1. The molecule has 0 radical (unpaired) electrons. The van der Waals surface area contributed by atoms with Crippen LogP contribution in [0.15, 0.2) is 24.4 Å². The average molecular weight is 438 g/mol. The van der Waals surface area contributed by atoms with Gasteiger partial charge in [0, 0.05) is 43.2 Å². The van der Waals surface area contributed by atoms with Crippen molar-refractivity contribution in [2.75, 3.05) is 49.2 Å². The van der Waals surface area contributed by atoms with Gasteiger partial charge in [0.2, 0.25) is 0 Å². The Kier molecular flexibility index (Phi) is 5.63. The zero-order valence-electron chi connectivity index (χ0n) is 17.0. The van der Waals surface area contributed by atoms with Crippen LogP contribution >= 0.6 is 11.3 Å². The molecule has 0 aliphatic carbocycles.